The predicted octanol–water partition coefficient (Wildman–Crippen LogP) is 2.14. The van der Waals surface area contributed by atoms with Crippen LogP contribution in [0, 0.1) is 0 Å². The number of carbonyl (C=O) groups excluding carboxylic acids is 1. The van der Waals surface area contributed by atoms with E-state index in [1.165, 1.54) is 6.42 Å². The minimum absolute atomic E-state index is 0.316. The molecule has 108 valence electrons. The molecule has 1 aromatic rings. The summed E-state index contributed by atoms with van der Waals surface area (Å²) in [5, 5.41) is 11.2. The van der Waals surface area contributed by atoms with Gasteiger partial charge in [0.05, 0.1) is 10.6 Å². The average Bonchev–Trinajstić information content (AvgIpc) is 2.46. The minimum atomic E-state index is -1.08. The molecule has 1 aliphatic heterocycles. The van der Waals surface area contributed by atoms with Crippen molar-refractivity contribution >= 4 is 29.2 Å². The van der Waals surface area contributed by atoms with Crippen LogP contribution in [0.3, 0.4) is 0 Å². The Morgan fingerprint density at radius 1 is 1.25 bits per heavy atom. The van der Waals surface area contributed by atoms with Crippen LogP contribution >= 0.6 is 11.6 Å². The molecule has 5 nitrogen and oxygen atoms in total. The SMILES string of the molecule is O=C(O)CNC(=O)c1cc(N2CCCCC2)ccc1Cl. The van der Waals surface area contributed by atoms with Crippen molar-refractivity contribution in [1.82, 2.24) is 5.32 Å². The number of rotatable bonds is 4. The van der Waals surface area contributed by atoms with Gasteiger partial charge in [0.15, 0.2) is 0 Å². The highest BCUT2D eigenvalue weighted by Gasteiger charge is 2.16. The Morgan fingerprint density at radius 3 is 2.60 bits per heavy atom. The van der Waals surface area contributed by atoms with Crippen LogP contribution in [0.5, 0.6) is 0 Å². The largest absolute Gasteiger partial charge is 0.480 e. The highest BCUT2D eigenvalue weighted by Crippen LogP contribution is 2.25. The topological polar surface area (TPSA) is 69.6 Å². The average molecular weight is 297 g/mol. The van der Waals surface area contributed by atoms with E-state index in [1.54, 1.807) is 12.1 Å². The number of amides is 1. The van der Waals surface area contributed by atoms with Crippen LogP contribution < -0.4 is 10.2 Å². The number of hydrogen-bond acceptors (Lipinski definition) is 3. The number of carboxylic acid groups (broad SMARTS) is 1. The lowest BCUT2D eigenvalue weighted by Crippen LogP contribution is -2.31. The lowest BCUT2D eigenvalue weighted by molar-refractivity contribution is -0.135. The molecule has 0 aliphatic carbocycles. The molecule has 20 heavy (non-hydrogen) atoms. The Balaban J connectivity index is 2.15. The smallest absolute Gasteiger partial charge is 0.322 e. The van der Waals surface area contributed by atoms with Gasteiger partial charge in [-0.05, 0) is 37.5 Å². The van der Waals surface area contributed by atoms with Crippen LogP contribution in [0.1, 0.15) is 29.6 Å². The molecule has 1 fully saturated rings. The Morgan fingerprint density at radius 2 is 1.95 bits per heavy atom. The number of benzene rings is 1. The van der Waals surface area contributed by atoms with Crippen LogP contribution in [0.2, 0.25) is 5.02 Å². The number of anilines is 1. The van der Waals surface area contributed by atoms with Crippen molar-refractivity contribution in [2.24, 2.45) is 0 Å². The standard InChI is InChI=1S/C14H17ClN2O3/c15-12-5-4-10(17-6-2-1-3-7-17)8-11(12)14(20)16-9-13(18)19/h4-5,8H,1-3,6-7,9H2,(H,16,20)(H,18,19). The summed E-state index contributed by atoms with van der Waals surface area (Å²) >= 11 is 6.02. The molecule has 1 amide bonds. The molecule has 0 bridgehead atoms. The molecule has 1 saturated heterocycles. The second-order valence-electron chi connectivity index (χ2n) is 4.79. The third-order valence-corrected chi connectivity index (χ3v) is 3.65. The number of halogens is 1. The molecular weight excluding hydrogens is 280 g/mol. The predicted molar refractivity (Wildman–Crippen MR) is 77.5 cm³/mol. The minimum Gasteiger partial charge on any atom is -0.480 e. The van der Waals surface area contributed by atoms with Crippen LogP contribution in [-0.2, 0) is 4.79 Å². The molecule has 1 heterocycles. The fourth-order valence-electron chi connectivity index (χ4n) is 2.29. The van der Waals surface area contributed by atoms with Crippen molar-refractivity contribution in [3.63, 3.8) is 0 Å². The summed E-state index contributed by atoms with van der Waals surface area (Å²) < 4.78 is 0. The summed E-state index contributed by atoms with van der Waals surface area (Å²) in [5.41, 5.74) is 1.27. The zero-order valence-electron chi connectivity index (χ0n) is 11.1. The number of piperidine rings is 1. The molecule has 0 aromatic heterocycles. The monoisotopic (exact) mass is 296 g/mol. The third kappa shape index (κ3) is 3.63. The Kier molecular flexibility index (Phi) is 4.84. The lowest BCUT2D eigenvalue weighted by atomic mass is 10.1. The number of carbonyl (C=O) groups is 2. The number of carboxylic acids is 1. The maximum Gasteiger partial charge on any atom is 0.322 e. The first-order chi connectivity index (χ1) is 9.58. The van der Waals surface area contributed by atoms with Crippen LogP contribution in [0.4, 0.5) is 5.69 Å². The Hall–Kier alpha value is -1.75. The van der Waals surface area contributed by atoms with E-state index < -0.39 is 18.4 Å². The van der Waals surface area contributed by atoms with Crippen LogP contribution in [-0.4, -0.2) is 36.6 Å². The van der Waals surface area contributed by atoms with Gasteiger partial charge >= 0.3 is 5.97 Å². The summed E-state index contributed by atoms with van der Waals surface area (Å²) in [6.07, 6.45) is 3.52. The third-order valence-electron chi connectivity index (χ3n) is 3.32. The molecule has 0 saturated carbocycles. The molecule has 0 unspecified atom stereocenters. The molecule has 1 aromatic carbocycles. The van der Waals surface area contributed by atoms with Gasteiger partial charge in [-0.15, -0.1) is 0 Å². The molecule has 6 heteroatoms. The van der Waals surface area contributed by atoms with E-state index in [4.69, 9.17) is 16.7 Å². The second-order valence-corrected chi connectivity index (χ2v) is 5.20. The van der Waals surface area contributed by atoms with Gasteiger partial charge in [0.2, 0.25) is 0 Å². The zero-order valence-corrected chi connectivity index (χ0v) is 11.8. The van der Waals surface area contributed by atoms with Crippen molar-refractivity contribution in [2.45, 2.75) is 19.3 Å². The van der Waals surface area contributed by atoms with Crippen molar-refractivity contribution in [3.05, 3.63) is 28.8 Å². The summed E-state index contributed by atoms with van der Waals surface area (Å²) in [6, 6.07) is 5.30. The fourth-order valence-corrected chi connectivity index (χ4v) is 2.49. The van der Waals surface area contributed by atoms with Gasteiger partial charge in [0, 0.05) is 18.8 Å². The van der Waals surface area contributed by atoms with Crippen LogP contribution in [0.25, 0.3) is 0 Å². The first-order valence-electron chi connectivity index (χ1n) is 6.62. The van der Waals surface area contributed by atoms with Crippen molar-refractivity contribution in [2.75, 3.05) is 24.5 Å². The Labute approximate surface area is 122 Å². The fraction of sp³-hybridized carbons (Fsp3) is 0.429. The van der Waals surface area contributed by atoms with Crippen molar-refractivity contribution < 1.29 is 14.7 Å². The Bertz CT molecular complexity index is 513. The second kappa shape index (κ2) is 6.61. The highest BCUT2D eigenvalue weighted by molar-refractivity contribution is 6.34. The molecule has 1 aliphatic rings. The maximum atomic E-state index is 11.9. The van der Waals surface area contributed by atoms with E-state index in [0.717, 1.165) is 31.6 Å². The van der Waals surface area contributed by atoms with Crippen LogP contribution in [0.15, 0.2) is 18.2 Å². The zero-order chi connectivity index (χ0) is 14.5. The molecular formula is C14H17ClN2O3. The molecule has 0 radical (unpaired) electrons. The van der Waals surface area contributed by atoms with Crippen molar-refractivity contribution in [1.29, 1.82) is 0 Å². The van der Waals surface area contributed by atoms with E-state index >= 15 is 0 Å². The summed E-state index contributed by atoms with van der Waals surface area (Å²) in [6.45, 7) is 1.53. The van der Waals surface area contributed by atoms with E-state index in [9.17, 15) is 9.59 Å². The number of hydrogen-bond donors (Lipinski definition) is 2. The number of nitrogens with zero attached hydrogens (tertiary/aromatic N) is 1. The highest BCUT2D eigenvalue weighted by atomic mass is 35.5. The summed E-state index contributed by atoms with van der Waals surface area (Å²) in [4.78, 5) is 24.6. The van der Waals surface area contributed by atoms with E-state index in [-0.39, 0.29) is 0 Å². The van der Waals surface area contributed by atoms with Gasteiger partial charge in [-0.1, -0.05) is 11.6 Å². The summed E-state index contributed by atoms with van der Waals surface area (Å²) in [5.74, 6) is -1.54. The lowest BCUT2D eigenvalue weighted by Gasteiger charge is -2.29. The van der Waals surface area contributed by atoms with Gasteiger partial charge in [0.1, 0.15) is 6.54 Å². The van der Waals surface area contributed by atoms with E-state index in [0.29, 0.717) is 10.6 Å². The number of aliphatic carboxylic acids is 1. The van der Waals surface area contributed by atoms with Gasteiger partial charge in [-0.3, -0.25) is 9.59 Å². The van der Waals surface area contributed by atoms with Gasteiger partial charge in [-0.2, -0.15) is 0 Å². The quantitative estimate of drug-likeness (QED) is 0.893. The van der Waals surface area contributed by atoms with Gasteiger partial charge in [-0.25, -0.2) is 0 Å². The molecule has 0 atom stereocenters. The van der Waals surface area contributed by atoms with Gasteiger partial charge < -0.3 is 15.3 Å². The normalized spacial score (nSPS) is 14.9. The van der Waals surface area contributed by atoms with E-state index in [1.807, 2.05) is 6.07 Å². The maximum absolute atomic E-state index is 11.9. The van der Waals surface area contributed by atoms with Gasteiger partial charge in [0.25, 0.3) is 5.91 Å². The van der Waals surface area contributed by atoms with Crippen molar-refractivity contribution in [3.8, 4) is 0 Å². The first kappa shape index (κ1) is 14.7. The molecule has 2 N–H and O–H groups in total. The van der Waals surface area contributed by atoms with E-state index in [2.05, 4.69) is 10.2 Å². The number of nitrogens with one attached hydrogen (secondary N) is 1. The molecule has 0 spiro atoms. The summed E-state index contributed by atoms with van der Waals surface area (Å²) in [7, 11) is 0. The molecule has 2 rings (SSSR count). The first-order valence-corrected chi connectivity index (χ1v) is 7.00.